The van der Waals surface area contributed by atoms with Gasteiger partial charge in [0.2, 0.25) is 0 Å². The zero-order chi connectivity index (χ0) is 13.7. The Labute approximate surface area is 109 Å². The Morgan fingerprint density at radius 1 is 1.50 bits per heavy atom. The molecule has 0 spiro atoms. The molecule has 6 heteroatoms. The van der Waals surface area contributed by atoms with Crippen LogP contribution in [0, 0.1) is 5.82 Å². The number of carbonyl (C=O) groups is 1. The highest BCUT2D eigenvalue weighted by Gasteiger charge is 2.20. The van der Waals surface area contributed by atoms with Crippen molar-refractivity contribution in [2.75, 3.05) is 11.5 Å². The number of aliphatic hydroxyl groups is 2. The van der Waals surface area contributed by atoms with Crippen LogP contribution in [0.1, 0.15) is 25.0 Å². The number of halogens is 1. The lowest BCUT2D eigenvalue weighted by molar-refractivity contribution is -0.109. The summed E-state index contributed by atoms with van der Waals surface area (Å²) < 4.78 is 12.8. The Kier molecular flexibility index (Phi) is 5.58. The second-order valence-corrected chi connectivity index (χ2v) is 5.19. The summed E-state index contributed by atoms with van der Waals surface area (Å²) in [7, 11) is 0. The van der Waals surface area contributed by atoms with Gasteiger partial charge >= 0.3 is 0 Å². The van der Waals surface area contributed by atoms with Crippen LogP contribution in [-0.2, 0) is 4.79 Å². The van der Waals surface area contributed by atoms with Crippen LogP contribution in [-0.4, -0.2) is 27.2 Å². The van der Waals surface area contributed by atoms with Crippen molar-refractivity contribution in [1.29, 1.82) is 0 Å². The minimum absolute atomic E-state index is 0.0435. The van der Waals surface area contributed by atoms with Gasteiger partial charge in [0, 0.05) is 23.9 Å². The molecular formula is C12H16FNO3S. The van der Waals surface area contributed by atoms with E-state index >= 15 is 0 Å². The SMILES string of the molecule is CC(=O)SCCC(O)C(O)c1ccc(F)cc1N. The zero-order valence-corrected chi connectivity index (χ0v) is 10.8. The van der Waals surface area contributed by atoms with Crippen LogP contribution in [0.2, 0.25) is 0 Å². The number of rotatable bonds is 5. The molecule has 4 nitrogen and oxygen atoms in total. The van der Waals surface area contributed by atoms with Gasteiger partial charge in [-0.05, 0) is 18.6 Å². The molecule has 0 aliphatic carbocycles. The maximum atomic E-state index is 12.8. The Morgan fingerprint density at radius 3 is 2.72 bits per heavy atom. The first-order chi connectivity index (χ1) is 8.41. The van der Waals surface area contributed by atoms with E-state index in [0.717, 1.165) is 17.8 Å². The average Bonchev–Trinajstić information content (AvgIpc) is 2.27. The molecule has 1 aromatic carbocycles. The first kappa shape index (κ1) is 14.9. The van der Waals surface area contributed by atoms with Gasteiger partial charge in [-0.15, -0.1) is 0 Å². The van der Waals surface area contributed by atoms with Gasteiger partial charge in [0.15, 0.2) is 5.12 Å². The number of hydrogen-bond donors (Lipinski definition) is 3. The molecule has 2 unspecified atom stereocenters. The number of carbonyl (C=O) groups excluding carboxylic acids is 1. The lowest BCUT2D eigenvalue weighted by Gasteiger charge is -2.19. The monoisotopic (exact) mass is 273 g/mol. The summed E-state index contributed by atoms with van der Waals surface area (Å²) >= 11 is 1.08. The number of nitrogen functional groups attached to an aromatic ring is 1. The quantitative estimate of drug-likeness (QED) is 0.708. The molecule has 100 valence electrons. The standard InChI is InChI=1S/C12H16FNO3S/c1-7(15)18-5-4-11(16)12(17)9-3-2-8(13)6-10(9)14/h2-3,6,11-12,16-17H,4-5,14H2,1H3. The second-order valence-electron chi connectivity index (χ2n) is 3.91. The Balaban J connectivity index is 2.62. The van der Waals surface area contributed by atoms with E-state index in [2.05, 4.69) is 0 Å². The lowest BCUT2D eigenvalue weighted by atomic mass is 10.0. The van der Waals surface area contributed by atoms with Gasteiger partial charge in [0.25, 0.3) is 0 Å². The molecule has 0 aliphatic heterocycles. The van der Waals surface area contributed by atoms with Crippen LogP contribution in [0.3, 0.4) is 0 Å². The molecule has 0 fully saturated rings. The Hall–Kier alpha value is -1.11. The molecule has 0 aliphatic rings. The maximum Gasteiger partial charge on any atom is 0.185 e. The van der Waals surface area contributed by atoms with Crippen molar-refractivity contribution in [3.05, 3.63) is 29.6 Å². The van der Waals surface area contributed by atoms with Crippen LogP contribution in [0.5, 0.6) is 0 Å². The van der Waals surface area contributed by atoms with Crippen molar-refractivity contribution >= 4 is 22.6 Å². The molecule has 0 amide bonds. The van der Waals surface area contributed by atoms with E-state index in [9.17, 15) is 19.4 Å². The Bertz CT molecular complexity index is 428. The number of nitrogens with two attached hydrogens (primary N) is 1. The third-order valence-electron chi connectivity index (χ3n) is 2.45. The molecule has 0 aromatic heterocycles. The zero-order valence-electron chi connectivity index (χ0n) is 9.97. The number of benzene rings is 1. The Morgan fingerprint density at radius 2 is 2.17 bits per heavy atom. The van der Waals surface area contributed by atoms with Gasteiger partial charge in [0.05, 0.1) is 6.10 Å². The highest BCUT2D eigenvalue weighted by molar-refractivity contribution is 8.13. The minimum atomic E-state index is -1.18. The predicted molar refractivity (Wildman–Crippen MR) is 69.5 cm³/mol. The van der Waals surface area contributed by atoms with Crippen molar-refractivity contribution in [2.24, 2.45) is 0 Å². The van der Waals surface area contributed by atoms with E-state index in [1.54, 1.807) is 0 Å². The van der Waals surface area contributed by atoms with Crippen molar-refractivity contribution in [1.82, 2.24) is 0 Å². The second kappa shape index (κ2) is 6.72. The molecule has 1 rings (SSSR count). The normalized spacial score (nSPS) is 14.2. The van der Waals surface area contributed by atoms with Crippen LogP contribution in [0.15, 0.2) is 18.2 Å². The van der Waals surface area contributed by atoms with Crippen molar-refractivity contribution in [3.63, 3.8) is 0 Å². The van der Waals surface area contributed by atoms with E-state index in [-0.39, 0.29) is 22.8 Å². The van der Waals surface area contributed by atoms with Gasteiger partial charge in [-0.3, -0.25) is 4.79 Å². The van der Waals surface area contributed by atoms with E-state index in [1.165, 1.54) is 19.1 Å². The molecule has 0 saturated heterocycles. The van der Waals surface area contributed by atoms with E-state index in [0.29, 0.717) is 5.75 Å². The molecule has 0 heterocycles. The van der Waals surface area contributed by atoms with Crippen LogP contribution in [0.4, 0.5) is 10.1 Å². The molecular weight excluding hydrogens is 257 g/mol. The summed E-state index contributed by atoms with van der Waals surface area (Å²) in [5.41, 5.74) is 5.95. The van der Waals surface area contributed by atoms with Crippen molar-refractivity contribution in [3.8, 4) is 0 Å². The number of aliphatic hydroxyl groups excluding tert-OH is 2. The highest BCUT2D eigenvalue weighted by Crippen LogP contribution is 2.26. The molecule has 0 saturated carbocycles. The fourth-order valence-corrected chi connectivity index (χ4v) is 2.15. The first-order valence-corrected chi connectivity index (χ1v) is 6.44. The van der Waals surface area contributed by atoms with Crippen LogP contribution >= 0.6 is 11.8 Å². The smallest absolute Gasteiger partial charge is 0.185 e. The third kappa shape index (κ3) is 4.29. The fraction of sp³-hybridized carbons (Fsp3) is 0.417. The van der Waals surface area contributed by atoms with Crippen LogP contribution < -0.4 is 5.73 Å². The van der Waals surface area contributed by atoms with E-state index in [4.69, 9.17) is 5.73 Å². The summed E-state index contributed by atoms with van der Waals surface area (Å²) in [6.45, 7) is 1.44. The molecule has 1 aromatic rings. The van der Waals surface area contributed by atoms with Gasteiger partial charge in [-0.1, -0.05) is 17.8 Å². The number of thioether (sulfide) groups is 1. The van der Waals surface area contributed by atoms with Gasteiger partial charge in [-0.2, -0.15) is 0 Å². The van der Waals surface area contributed by atoms with Gasteiger partial charge in [0.1, 0.15) is 11.9 Å². The summed E-state index contributed by atoms with van der Waals surface area (Å²) in [5.74, 6) is -0.0839. The molecule has 0 bridgehead atoms. The van der Waals surface area contributed by atoms with Crippen LogP contribution in [0.25, 0.3) is 0 Å². The summed E-state index contributed by atoms with van der Waals surface area (Å²) in [6, 6.07) is 3.61. The number of anilines is 1. The minimum Gasteiger partial charge on any atom is -0.398 e. The fourth-order valence-electron chi connectivity index (χ4n) is 1.50. The summed E-state index contributed by atoms with van der Waals surface area (Å²) in [4.78, 5) is 10.7. The topological polar surface area (TPSA) is 83.5 Å². The lowest BCUT2D eigenvalue weighted by Crippen LogP contribution is -2.20. The molecule has 2 atom stereocenters. The summed E-state index contributed by atoms with van der Waals surface area (Å²) in [6.07, 6.45) is -1.97. The number of hydrogen-bond acceptors (Lipinski definition) is 5. The predicted octanol–water partition coefficient (Wildman–Crippen LogP) is 1.47. The van der Waals surface area contributed by atoms with Crippen molar-refractivity contribution in [2.45, 2.75) is 25.6 Å². The maximum absolute atomic E-state index is 12.8. The van der Waals surface area contributed by atoms with E-state index in [1.807, 2.05) is 0 Å². The van der Waals surface area contributed by atoms with Gasteiger partial charge in [-0.25, -0.2) is 4.39 Å². The third-order valence-corrected chi connectivity index (χ3v) is 3.30. The molecule has 18 heavy (non-hydrogen) atoms. The van der Waals surface area contributed by atoms with Crippen molar-refractivity contribution < 1.29 is 19.4 Å². The largest absolute Gasteiger partial charge is 0.398 e. The average molecular weight is 273 g/mol. The van der Waals surface area contributed by atoms with Gasteiger partial charge < -0.3 is 15.9 Å². The summed E-state index contributed by atoms with van der Waals surface area (Å²) in [5, 5.41) is 19.6. The highest BCUT2D eigenvalue weighted by atomic mass is 32.2. The molecule has 4 N–H and O–H groups in total. The molecule has 0 radical (unpaired) electrons. The first-order valence-electron chi connectivity index (χ1n) is 5.46. The van der Waals surface area contributed by atoms with E-state index < -0.39 is 18.0 Å².